The van der Waals surface area contributed by atoms with E-state index in [9.17, 15) is 4.79 Å². The predicted molar refractivity (Wildman–Crippen MR) is 106 cm³/mol. The molecule has 2 saturated heterocycles. The molecule has 3 rings (SSSR count). The molecule has 144 valence electrons. The molecule has 2 fully saturated rings. The van der Waals surface area contributed by atoms with E-state index in [1.807, 2.05) is 18.2 Å². The van der Waals surface area contributed by atoms with Gasteiger partial charge in [0.1, 0.15) is 0 Å². The Labute approximate surface area is 166 Å². The second kappa shape index (κ2) is 8.92. The predicted octanol–water partition coefficient (Wildman–Crippen LogP) is 3.79. The van der Waals surface area contributed by atoms with Crippen LogP contribution < -0.4 is 5.32 Å². The third-order valence-corrected chi connectivity index (χ3v) is 6.46. The molecule has 6 heteroatoms. The van der Waals surface area contributed by atoms with Crippen molar-refractivity contribution >= 4 is 29.1 Å². The Hall–Kier alpha value is -0.810. The van der Waals surface area contributed by atoms with E-state index in [4.69, 9.17) is 27.9 Å². The van der Waals surface area contributed by atoms with Gasteiger partial charge < -0.3 is 15.0 Å². The SMILES string of the molecule is COCC1(C(=O)N2CCC(Cc3cc(Cl)ccc3Cl)CC2)CCNCC1. The fourth-order valence-electron chi connectivity index (χ4n) is 4.29. The molecule has 2 heterocycles. The largest absolute Gasteiger partial charge is 0.384 e. The summed E-state index contributed by atoms with van der Waals surface area (Å²) in [6, 6.07) is 5.65. The molecule has 1 aromatic carbocycles. The Kier molecular flexibility index (Phi) is 6.84. The van der Waals surface area contributed by atoms with Gasteiger partial charge in [-0.3, -0.25) is 4.79 Å². The zero-order valence-electron chi connectivity index (χ0n) is 15.4. The lowest BCUT2D eigenvalue weighted by Crippen LogP contribution is -2.53. The first-order valence-corrected chi connectivity index (χ1v) is 10.2. The van der Waals surface area contributed by atoms with Crippen molar-refractivity contribution in [3.05, 3.63) is 33.8 Å². The van der Waals surface area contributed by atoms with E-state index in [0.29, 0.717) is 12.5 Å². The molecule has 26 heavy (non-hydrogen) atoms. The summed E-state index contributed by atoms with van der Waals surface area (Å²) in [6.07, 6.45) is 4.66. The van der Waals surface area contributed by atoms with Crippen LogP contribution in [-0.4, -0.2) is 50.7 Å². The van der Waals surface area contributed by atoms with Crippen LogP contribution in [-0.2, 0) is 16.0 Å². The number of carbonyl (C=O) groups is 1. The van der Waals surface area contributed by atoms with E-state index < -0.39 is 0 Å². The molecule has 1 amide bonds. The van der Waals surface area contributed by atoms with Gasteiger partial charge in [0.15, 0.2) is 0 Å². The molecule has 2 aliphatic rings. The van der Waals surface area contributed by atoms with Gasteiger partial charge in [-0.15, -0.1) is 0 Å². The smallest absolute Gasteiger partial charge is 0.231 e. The molecular formula is C20H28Cl2N2O2. The number of nitrogens with one attached hydrogen (secondary N) is 1. The van der Waals surface area contributed by atoms with Crippen molar-refractivity contribution in [2.24, 2.45) is 11.3 Å². The van der Waals surface area contributed by atoms with Gasteiger partial charge in [0.2, 0.25) is 5.91 Å². The second-order valence-electron chi connectivity index (χ2n) is 7.64. The van der Waals surface area contributed by atoms with Gasteiger partial charge in [0.05, 0.1) is 12.0 Å². The van der Waals surface area contributed by atoms with Crippen molar-refractivity contribution in [3.8, 4) is 0 Å². The molecule has 0 spiro atoms. The van der Waals surface area contributed by atoms with E-state index in [1.54, 1.807) is 7.11 Å². The number of piperidine rings is 2. The maximum atomic E-state index is 13.2. The number of nitrogens with zero attached hydrogens (tertiary/aromatic N) is 1. The topological polar surface area (TPSA) is 41.6 Å². The highest BCUT2D eigenvalue weighted by atomic mass is 35.5. The lowest BCUT2D eigenvalue weighted by atomic mass is 9.77. The van der Waals surface area contributed by atoms with Crippen LogP contribution in [0.3, 0.4) is 0 Å². The lowest BCUT2D eigenvalue weighted by molar-refractivity contribution is -0.149. The van der Waals surface area contributed by atoms with Crippen molar-refractivity contribution in [2.45, 2.75) is 32.1 Å². The van der Waals surface area contributed by atoms with E-state index >= 15 is 0 Å². The monoisotopic (exact) mass is 398 g/mol. The quantitative estimate of drug-likeness (QED) is 0.819. The third kappa shape index (κ3) is 4.53. The summed E-state index contributed by atoms with van der Waals surface area (Å²) in [4.78, 5) is 15.3. The van der Waals surface area contributed by atoms with Crippen LogP contribution in [0.15, 0.2) is 18.2 Å². The number of carbonyl (C=O) groups excluding carboxylic acids is 1. The highest BCUT2D eigenvalue weighted by molar-refractivity contribution is 6.33. The molecule has 0 radical (unpaired) electrons. The van der Waals surface area contributed by atoms with Crippen molar-refractivity contribution in [1.82, 2.24) is 10.2 Å². The summed E-state index contributed by atoms with van der Waals surface area (Å²) >= 11 is 12.4. The highest BCUT2D eigenvalue weighted by Gasteiger charge is 2.42. The van der Waals surface area contributed by atoms with Crippen molar-refractivity contribution in [2.75, 3.05) is 39.9 Å². The number of amides is 1. The van der Waals surface area contributed by atoms with Crippen LogP contribution in [0.2, 0.25) is 10.0 Å². The van der Waals surface area contributed by atoms with Crippen molar-refractivity contribution in [1.29, 1.82) is 0 Å². The fourth-order valence-corrected chi connectivity index (χ4v) is 4.68. The number of likely N-dealkylation sites (tertiary alicyclic amines) is 1. The van der Waals surface area contributed by atoms with E-state index in [-0.39, 0.29) is 11.3 Å². The first-order valence-electron chi connectivity index (χ1n) is 9.47. The molecule has 0 aliphatic carbocycles. The number of hydrogen-bond donors (Lipinski definition) is 1. The molecule has 1 N–H and O–H groups in total. The van der Waals surface area contributed by atoms with Gasteiger partial charge in [-0.1, -0.05) is 23.2 Å². The molecule has 2 aliphatic heterocycles. The maximum Gasteiger partial charge on any atom is 0.231 e. The number of benzene rings is 1. The molecular weight excluding hydrogens is 371 g/mol. The molecule has 0 atom stereocenters. The minimum absolute atomic E-state index is 0.278. The Morgan fingerprint density at radius 1 is 1.27 bits per heavy atom. The number of ether oxygens (including phenoxy) is 1. The standard InChI is InChI=1S/C20H28Cl2N2O2/c1-26-14-20(6-8-23-9-7-20)19(25)24-10-4-15(5-11-24)12-16-13-17(21)2-3-18(16)22/h2-3,13,15,23H,4-12,14H2,1H3. The molecule has 0 unspecified atom stereocenters. The van der Waals surface area contributed by atoms with Crippen LogP contribution in [0.5, 0.6) is 0 Å². The third-order valence-electron chi connectivity index (χ3n) is 5.85. The maximum absolute atomic E-state index is 13.2. The van der Waals surface area contributed by atoms with Gasteiger partial charge in [0.25, 0.3) is 0 Å². The molecule has 0 bridgehead atoms. The average Bonchev–Trinajstić information content (AvgIpc) is 2.66. The Balaban J connectivity index is 1.59. The first-order chi connectivity index (χ1) is 12.5. The van der Waals surface area contributed by atoms with Gasteiger partial charge >= 0.3 is 0 Å². The van der Waals surface area contributed by atoms with E-state index in [2.05, 4.69) is 10.2 Å². The molecule has 4 nitrogen and oxygen atoms in total. The van der Waals surface area contributed by atoms with E-state index in [1.165, 1.54) is 0 Å². The zero-order chi connectivity index (χ0) is 18.6. The summed E-state index contributed by atoms with van der Waals surface area (Å²) in [7, 11) is 1.69. The number of halogens is 2. The van der Waals surface area contributed by atoms with Gasteiger partial charge in [-0.25, -0.2) is 0 Å². The Bertz CT molecular complexity index is 619. The Morgan fingerprint density at radius 2 is 1.96 bits per heavy atom. The molecule has 0 saturated carbocycles. The van der Waals surface area contributed by atoms with Crippen LogP contribution in [0.4, 0.5) is 0 Å². The van der Waals surface area contributed by atoms with Crippen LogP contribution in [0, 0.1) is 11.3 Å². The van der Waals surface area contributed by atoms with Crippen molar-refractivity contribution < 1.29 is 9.53 Å². The van der Waals surface area contributed by atoms with E-state index in [0.717, 1.165) is 73.9 Å². The zero-order valence-corrected chi connectivity index (χ0v) is 16.9. The normalized spacial score (nSPS) is 21.0. The minimum Gasteiger partial charge on any atom is -0.384 e. The fraction of sp³-hybridized carbons (Fsp3) is 0.650. The summed E-state index contributed by atoms with van der Waals surface area (Å²) < 4.78 is 5.42. The second-order valence-corrected chi connectivity index (χ2v) is 8.48. The average molecular weight is 399 g/mol. The summed E-state index contributed by atoms with van der Waals surface area (Å²) in [5.74, 6) is 0.821. The first kappa shape index (κ1) is 19.9. The summed E-state index contributed by atoms with van der Waals surface area (Å²) in [6.45, 7) is 3.93. The molecule has 0 aromatic heterocycles. The van der Waals surface area contributed by atoms with Crippen LogP contribution in [0.25, 0.3) is 0 Å². The van der Waals surface area contributed by atoms with Crippen molar-refractivity contribution in [3.63, 3.8) is 0 Å². The Morgan fingerprint density at radius 3 is 2.62 bits per heavy atom. The molecule has 1 aromatic rings. The van der Waals surface area contributed by atoms with Crippen LogP contribution in [0.1, 0.15) is 31.2 Å². The van der Waals surface area contributed by atoms with Gasteiger partial charge in [-0.2, -0.15) is 0 Å². The number of rotatable bonds is 5. The summed E-state index contributed by atoms with van der Waals surface area (Å²) in [5.41, 5.74) is 0.765. The van der Waals surface area contributed by atoms with Gasteiger partial charge in [-0.05, 0) is 74.9 Å². The minimum atomic E-state index is -0.344. The highest BCUT2D eigenvalue weighted by Crippen LogP contribution is 2.34. The number of methoxy groups -OCH3 is 1. The number of hydrogen-bond acceptors (Lipinski definition) is 3. The summed E-state index contributed by atoms with van der Waals surface area (Å²) in [5, 5.41) is 4.86. The lowest BCUT2D eigenvalue weighted by Gasteiger charge is -2.42. The van der Waals surface area contributed by atoms with Crippen LogP contribution >= 0.6 is 23.2 Å². The van der Waals surface area contributed by atoms with Gasteiger partial charge in [0, 0.05) is 30.2 Å².